The summed E-state index contributed by atoms with van der Waals surface area (Å²) in [6, 6.07) is 16.8. The quantitative estimate of drug-likeness (QED) is 0.593. The maximum absolute atomic E-state index is 13.0. The molecule has 0 radical (unpaired) electrons. The van der Waals surface area contributed by atoms with Crippen LogP contribution in [-0.2, 0) is 13.1 Å². The minimum Gasteiger partial charge on any atom is -0.496 e. The summed E-state index contributed by atoms with van der Waals surface area (Å²) in [5.74, 6) is -1.00. The van der Waals surface area contributed by atoms with Crippen molar-refractivity contribution in [3.63, 3.8) is 0 Å². The number of benzene rings is 3. The zero-order valence-electron chi connectivity index (χ0n) is 17.7. The highest BCUT2D eigenvalue weighted by molar-refractivity contribution is 6.21. The van der Waals surface area contributed by atoms with E-state index >= 15 is 0 Å². The van der Waals surface area contributed by atoms with E-state index in [0.717, 1.165) is 10.5 Å². The molecule has 2 N–H and O–H groups in total. The van der Waals surface area contributed by atoms with Crippen molar-refractivity contribution in [2.24, 2.45) is 0 Å². The highest BCUT2D eigenvalue weighted by atomic mass is 16.5. The van der Waals surface area contributed by atoms with Crippen molar-refractivity contribution in [3.05, 3.63) is 94.0 Å². The van der Waals surface area contributed by atoms with Crippen molar-refractivity contribution in [1.82, 2.24) is 10.2 Å². The number of nitrogens with one attached hydrogen (secondary N) is 2. The summed E-state index contributed by atoms with van der Waals surface area (Å²) in [4.78, 5) is 51.5. The Morgan fingerprint density at radius 3 is 2.39 bits per heavy atom. The SMILES string of the molecule is COc1ccc(CN2C(=O)c3ccccc3C2=O)cc1C(=O)Nc1ccc2c(c1)C(=O)NC2. The molecule has 0 bridgehead atoms. The Hall–Kier alpha value is -4.46. The molecule has 2 aliphatic heterocycles. The highest BCUT2D eigenvalue weighted by Gasteiger charge is 2.35. The second-order valence-electron chi connectivity index (χ2n) is 7.79. The predicted octanol–water partition coefficient (Wildman–Crippen LogP) is 2.99. The first-order chi connectivity index (χ1) is 16.0. The van der Waals surface area contributed by atoms with Crippen molar-refractivity contribution < 1.29 is 23.9 Å². The van der Waals surface area contributed by atoms with Crippen LogP contribution in [0.15, 0.2) is 60.7 Å². The number of amides is 4. The number of imide groups is 1. The highest BCUT2D eigenvalue weighted by Crippen LogP contribution is 2.27. The van der Waals surface area contributed by atoms with Crippen molar-refractivity contribution in [3.8, 4) is 5.75 Å². The van der Waals surface area contributed by atoms with Crippen LogP contribution in [0.2, 0.25) is 0 Å². The average molecular weight is 441 g/mol. The number of fused-ring (bicyclic) bond motifs is 2. The van der Waals surface area contributed by atoms with Gasteiger partial charge in [0.15, 0.2) is 0 Å². The van der Waals surface area contributed by atoms with Crippen LogP contribution in [0.5, 0.6) is 5.75 Å². The normalized spacial score (nSPS) is 14.1. The lowest BCUT2D eigenvalue weighted by Crippen LogP contribution is -2.29. The average Bonchev–Trinajstić information content (AvgIpc) is 3.31. The molecular formula is C25H19N3O5. The fourth-order valence-electron chi connectivity index (χ4n) is 4.09. The van der Waals surface area contributed by atoms with Gasteiger partial charge in [-0.1, -0.05) is 24.3 Å². The molecule has 0 fully saturated rings. The number of anilines is 1. The molecular weight excluding hydrogens is 422 g/mol. The molecule has 0 unspecified atom stereocenters. The van der Waals surface area contributed by atoms with Gasteiger partial charge in [-0.15, -0.1) is 0 Å². The van der Waals surface area contributed by atoms with Gasteiger partial charge in [0.2, 0.25) is 0 Å². The third-order valence-corrected chi connectivity index (χ3v) is 5.78. The molecule has 0 atom stereocenters. The van der Waals surface area contributed by atoms with Gasteiger partial charge in [-0.2, -0.15) is 0 Å². The fraction of sp³-hybridized carbons (Fsp3) is 0.120. The van der Waals surface area contributed by atoms with Gasteiger partial charge in [-0.3, -0.25) is 24.1 Å². The number of nitrogens with zero attached hydrogens (tertiary/aromatic N) is 1. The van der Waals surface area contributed by atoms with E-state index in [1.165, 1.54) is 7.11 Å². The molecule has 0 spiro atoms. The molecule has 2 aliphatic rings. The molecule has 3 aromatic carbocycles. The molecule has 2 heterocycles. The van der Waals surface area contributed by atoms with E-state index in [0.29, 0.717) is 40.2 Å². The second-order valence-corrected chi connectivity index (χ2v) is 7.79. The van der Waals surface area contributed by atoms with Crippen LogP contribution in [0.1, 0.15) is 52.6 Å². The Balaban J connectivity index is 1.39. The second kappa shape index (κ2) is 7.90. The van der Waals surface area contributed by atoms with Crippen LogP contribution in [0.3, 0.4) is 0 Å². The zero-order valence-corrected chi connectivity index (χ0v) is 17.7. The minimum absolute atomic E-state index is 0.0234. The number of carbonyl (C=O) groups is 4. The molecule has 0 aromatic heterocycles. The summed E-state index contributed by atoms with van der Waals surface area (Å²) >= 11 is 0. The summed E-state index contributed by atoms with van der Waals surface area (Å²) in [7, 11) is 1.45. The minimum atomic E-state index is -0.436. The topological polar surface area (TPSA) is 105 Å². The van der Waals surface area contributed by atoms with Gasteiger partial charge >= 0.3 is 0 Å². The Bertz CT molecular complexity index is 1310. The van der Waals surface area contributed by atoms with E-state index < -0.39 is 5.91 Å². The van der Waals surface area contributed by atoms with Crippen LogP contribution in [-0.4, -0.2) is 35.6 Å². The maximum Gasteiger partial charge on any atom is 0.261 e. The summed E-state index contributed by atoms with van der Waals surface area (Å²) < 4.78 is 5.34. The van der Waals surface area contributed by atoms with Crippen molar-refractivity contribution in [2.45, 2.75) is 13.1 Å². The van der Waals surface area contributed by atoms with Crippen molar-refractivity contribution in [1.29, 1.82) is 0 Å². The smallest absolute Gasteiger partial charge is 0.261 e. The van der Waals surface area contributed by atoms with E-state index in [9.17, 15) is 19.2 Å². The van der Waals surface area contributed by atoms with Gasteiger partial charge in [-0.25, -0.2) is 0 Å². The molecule has 3 aromatic rings. The lowest BCUT2D eigenvalue weighted by molar-refractivity contribution is 0.0642. The molecule has 8 heteroatoms. The molecule has 5 rings (SSSR count). The number of hydrogen-bond donors (Lipinski definition) is 2. The van der Waals surface area contributed by atoms with Gasteiger partial charge in [0.25, 0.3) is 23.6 Å². The van der Waals surface area contributed by atoms with Crippen LogP contribution in [0, 0.1) is 0 Å². The molecule has 33 heavy (non-hydrogen) atoms. The first-order valence-corrected chi connectivity index (χ1v) is 10.3. The first kappa shape index (κ1) is 20.4. The van der Waals surface area contributed by atoms with Crippen LogP contribution < -0.4 is 15.4 Å². The maximum atomic E-state index is 13.0. The lowest BCUT2D eigenvalue weighted by atomic mass is 10.1. The summed E-state index contributed by atoms with van der Waals surface area (Å²) in [6.45, 7) is 0.492. The predicted molar refractivity (Wildman–Crippen MR) is 119 cm³/mol. The van der Waals surface area contributed by atoms with Crippen LogP contribution in [0.4, 0.5) is 5.69 Å². The molecule has 0 aliphatic carbocycles. The molecule has 0 saturated carbocycles. The summed E-state index contributed by atoms with van der Waals surface area (Å²) in [5, 5.41) is 5.53. The summed E-state index contributed by atoms with van der Waals surface area (Å²) in [6.07, 6.45) is 0. The first-order valence-electron chi connectivity index (χ1n) is 10.3. The Kier molecular flexibility index (Phi) is 4.90. The Morgan fingerprint density at radius 2 is 1.70 bits per heavy atom. The third-order valence-electron chi connectivity index (χ3n) is 5.78. The zero-order chi connectivity index (χ0) is 23.1. The number of rotatable bonds is 5. The van der Waals surface area contributed by atoms with Gasteiger partial charge < -0.3 is 15.4 Å². The van der Waals surface area contributed by atoms with E-state index in [4.69, 9.17) is 4.74 Å². The number of methoxy groups -OCH3 is 1. The fourth-order valence-corrected chi connectivity index (χ4v) is 4.09. The molecule has 164 valence electrons. The molecule has 0 saturated heterocycles. The summed E-state index contributed by atoms with van der Waals surface area (Å²) in [5.41, 5.74) is 3.46. The van der Waals surface area contributed by atoms with Gasteiger partial charge in [-0.05, 0) is 47.5 Å². The largest absolute Gasteiger partial charge is 0.496 e. The number of hydrogen-bond acceptors (Lipinski definition) is 5. The van der Waals surface area contributed by atoms with E-state index in [1.54, 1.807) is 60.7 Å². The van der Waals surface area contributed by atoms with E-state index in [2.05, 4.69) is 10.6 Å². The van der Waals surface area contributed by atoms with Crippen molar-refractivity contribution in [2.75, 3.05) is 12.4 Å². The number of ether oxygens (including phenoxy) is 1. The Labute approximate surface area is 189 Å². The van der Waals surface area contributed by atoms with Gasteiger partial charge in [0.05, 0.1) is 30.3 Å². The van der Waals surface area contributed by atoms with Gasteiger partial charge in [0, 0.05) is 17.8 Å². The molecule has 8 nitrogen and oxygen atoms in total. The van der Waals surface area contributed by atoms with Gasteiger partial charge in [0.1, 0.15) is 5.75 Å². The van der Waals surface area contributed by atoms with E-state index in [1.807, 2.05) is 0 Å². The molecule has 4 amide bonds. The van der Waals surface area contributed by atoms with E-state index in [-0.39, 0.29) is 29.8 Å². The lowest BCUT2D eigenvalue weighted by Gasteiger charge is -2.16. The standard InChI is InChI=1S/C25H19N3O5/c1-33-21-9-6-14(13-28-24(31)17-4-2-3-5-18(17)25(28)32)10-20(21)23(30)27-16-8-7-15-12-26-22(29)19(15)11-16/h2-11H,12-13H2,1H3,(H,26,29)(H,27,30). The third kappa shape index (κ3) is 3.51. The Morgan fingerprint density at radius 1 is 0.970 bits per heavy atom. The number of carbonyl (C=O) groups excluding carboxylic acids is 4. The monoisotopic (exact) mass is 441 g/mol. The van der Waals surface area contributed by atoms with Crippen LogP contribution in [0.25, 0.3) is 0 Å². The van der Waals surface area contributed by atoms with Crippen molar-refractivity contribution >= 4 is 29.3 Å². The van der Waals surface area contributed by atoms with Crippen LogP contribution >= 0.6 is 0 Å².